The van der Waals surface area contributed by atoms with Crippen LogP contribution in [-0.4, -0.2) is 0 Å². The largest absolute Gasteiger partial charge is 0.310 e. The van der Waals surface area contributed by atoms with Crippen LogP contribution in [0.5, 0.6) is 0 Å². The smallest absolute Gasteiger partial charge is 0.0505 e. The maximum absolute atomic E-state index is 2.57. The molecule has 0 aliphatic heterocycles. The van der Waals surface area contributed by atoms with E-state index in [2.05, 4.69) is 206 Å². The Bertz CT molecular complexity index is 2740. The van der Waals surface area contributed by atoms with Crippen molar-refractivity contribution in [1.29, 1.82) is 0 Å². The van der Waals surface area contributed by atoms with Gasteiger partial charge in [0, 0.05) is 33.6 Å². The van der Waals surface area contributed by atoms with Gasteiger partial charge in [-0.05, 0) is 142 Å². The Morgan fingerprint density at radius 2 is 0.946 bits per heavy atom. The lowest BCUT2D eigenvalue weighted by Gasteiger charge is -2.37. The number of nitrogens with zero attached hydrogens (tertiary/aromatic N) is 2. The number of rotatable bonds is 6. The van der Waals surface area contributed by atoms with Crippen LogP contribution in [0.3, 0.4) is 0 Å². The summed E-state index contributed by atoms with van der Waals surface area (Å²) in [5.41, 5.74) is 18.5. The Hall–Kier alpha value is -6.38. The first-order valence-corrected chi connectivity index (χ1v) is 20.2. The second kappa shape index (κ2) is 12.6. The summed E-state index contributed by atoms with van der Waals surface area (Å²) in [6, 6.07) is 67.8. The van der Waals surface area contributed by atoms with Gasteiger partial charge >= 0.3 is 0 Å². The average molecular weight is 721 g/mol. The minimum absolute atomic E-state index is 0.127. The summed E-state index contributed by atoms with van der Waals surface area (Å²) in [5.74, 6) is 0. The van der Waals surface area contributed by atoms with Gasteiger partial charge in [0.15, 0.2) is 0 Å². The van der Waals surface area contributed by atoms with E-state index in [9.17, 15) is 0 Å². The number of aryl methyl sites for hydroxylation is 2. The molecule has 2 nitrogen and oxygen atoms in total. The third-order valence-corrected chi connectivity index (χ3v) is 13.2. The van der Waals surface area contributed by atoms with E-state index in [1.165, 1.54) is 89.4 Å². The summed E-state index contributed by atoms with van der Waals surface area (Å²) in [6.07, 6.45) is 4.33. The first-order valence-electron chi connectivity index (χ1n) is 20.2. The van der Waals surface area contributed by atoms with Gasteiger partial charge < -0.3 is 9.80 Å². The van der Waals surface area contributed by atoms with E-state index in [0.717, 1.165) is 25.7 Å². The van der Waals surface area contributed by atoms with Crippen molar-refractivity contribution in [2.75, 3.05) is 9.80 Å². The van der Waals surface area contributed by atoms with Gasteiger partial charge in [-0.1, -0.05) is 135 Å². The predicted molar refractivity (Wildman–Crippen MR) is 235 cm³/mol. The van der Waals surface area contributed by atoms with Crippen LogP contribution in [0.15, 0.2) is 182 Å². The Morgan fingerprint density at radius 3 is 1.52 bits per heavy atom. The quantitative estimate of drug-likeness (QED) is 0.169. The molecule has 0 fully saturated rings. The molecule has 0 unspecified atom stereocenters. The Labute approximate surface area is 330 Å². The summed E-state index contributed by atoms with van der Waals surface area (Å²) >= 11 is 0. The van der Waals surface area contributed by atoms with Crippen molar-refractivity contribution in [2.24, 2.45) is 0 Å². The van der Waals surface area contributed by atoms with Crippen molar-refractivity contribution >= 4 is 44.9 Å². The van der Waals surface area contributed by atoms with Crippen molar-refractivity contribution in [3.05, 3.63) is 215 Å². The van der Waals surface area contributed by atoms with Crippen LogP contribution in [0.4, 0.5) is 34.1 Å². The molecule has 8 aromatic rings. The molecule has 11 rings (SSSR count). The van der Waals surface area contributed by atoms with Crippen molar-refractivity contribution < 1.29 is 0 Å². The van der Waals surface area contributed by atoms with Crippen molar-refractivity contribution in [3.63, 3.8) is 0 Å². The third-order valence-electron chi connectivity index (χ3n) is 13.2. The van der Waals surface area contributed by atoms with Gasteiger partial charge in [0.1, 0.15) is 0 Å². The second-order valence-electron chi connectivity index (χ2n) is 16.4. The minimum atomic E-state index is -0.134. The average Bonchev–Trinajstić information content (AvgIpc) is 3.90. The van der Waals surface area contributed by atoms with Gasteiger partial charge in [0.2, 0.25) is 0 Å². The molecule has 0 bridgehead atoms. The molecule has 270 valence electrons. The summed E-state index contributed by atoms with van der Waals surface area (Å²) in [7, 11) is 0. The summed E-state index contributed by atoms with van der Waals surface area (Å²) in [5, 5.41) is 2.63. The Balaban J connectivity index is 1.12. The molecular weight excluding hydrogens is 677 g/mol. The summed E-state index contributed by atoms with van der Waals surface area (Å²) < 4.78 is 0. The highest BCUT2D eigenvalue weighted by Gasteiger charge is 2.49. The number of hydrogen-bond acceptors (Lipinski definition) is 2. The zero-order valence-corrected chi connectivity index (χ0v) is 32.0. The van der Waals surface area contributed by atoms with E-state index < -0.39 is 0 Å². The van der Waals surface area contributed by atoms with E-state index in [4.69, 9.17) is 0 Å². The van der Waals surface area contributed by atoms with Crippen LogP contribution in [-0.2, 0) is 23.7 Å². The molecular formula is C54H44N2. The van der Waals surface area contributed by atoms with E-state index >= 15 is 0 Å². The van der Waals surface area contributed by atoms with Crippen LogP contribution < -0.4 is 9.80 Å². The van der Waals surface area contributed by atoms with Gasteiger partial charge in [-0.15, -0.1) is 0 Å². The molecule has 56 heavy (non-hydrogen) atoms. The molecule has 0 amide bonds. The molecule has 1 atom stereocenters. The SMILES string of the molecule is CC1(C)c2cc(N(c3ccccc3)c3cccc4c3[C@]3(CCc5cccc(N(c6ccccc6)c6ccccc6)c53)CC4)ccc2-c2c1ccc1ccccc21. The molecule has 1 spiro atoms. The van der Waals surface area contributed by atoms with Crippen LogP contribution in [0.2, 0.25) is 0 Å². The molecule has 0 N–H and O–H groups in total. The minimum Gasteiger partial charge on any atom is -0.310 e. The first kappa shape index (κ1) is 33.0. The maximum atomic E-state index is 2.57. The molecule has 0 radical (unpaired) electrons. The van der Waals surface area contributed by atoms with E-state index in [1.54, 1.807) is 0 Å². The lowest BCUT2D eigenvalue weighted by Crippen LogP contribution is -2.27. The van der Waals surface area contributed by atoms with E-state index in [1.807, 2.05) is 0 Å². The van der Waals surface area contributed by atoms with Crippen molar-refractivity contribution in [3.8, 4) is 11.1 Å². The molecule has 0 aromatic heterocycles. The fourth-order valence-electron chi connectivity index (χ4n) is 10.7. The van der Waals surface area contributed by atoms with Crippen molar-refractivity contribution in [2.45, 2.75) is 50.4 Å². The highest BCUT2D eigenvalue weighted by molar-refractivity contribution is 6.03. The van der Waals surface area contributed by atoms with E-state index in [-0.39, 0.29) is 10.8 Å². The summed E-state index contributed by atoms with van der Waals surface area (Å²) in [6.45, 7) is 4.81. The molecule has 3 aliphatic carbocycles. The second-order valence-corrected chi connectivity index (χ2v) is 16.4. The predicted octanol–water partition coefficient (Wildman–Crippen LogP) is 14.3. The fourth-order valence-corrected chi connectivity index (χ4v) is 10.7. The van der Waals surface area contributed by atoms with Gasteiger partial charge in [-0.3, -0.25) is 0 Å². The van der Waals surface area contributed by atoms with Gasteiger partial charge in [-0.2, -0.15) is 0 Å². The monoisotopic (exact) mass is 720 g/mol. The van der Waals surface area contributed by atoms with Gasteiger partial charge in [0.05, 0.1) is 11.4 Å². The molecule has 0 heterocycles. The number of anilines is 6. The standard InChI is InChI=1S/C54H44N2/c1-53(2)46-31-28-37-16-12-13-25-44(37)50(46)45-30-29-43(36-47(45)53)56(42-23-10-5-11-24-42)49-27-15-18-39-33-35-54(52(39)49)34-32-38-17-14-26-48(51(38)54)55(40-19-6-3-7-20-40)41-21-8-4-9-22-41/h3-31,36H,32-35H2,1-2H3/t54-/m1/s1. The Morgan fingerprint density at radius 1 is 0.429 bits per heavy atom. The molecule has 3 aliphatic rings. The zero-order chi connectivity index (χ0) is 37.4. The normalized spacial score (nSPS) is 17.0. The van der Waals surface area contributed by atoms with Crippen LogP contribution in [0.25, 0.3) is 21.9 Å². The maximum Gasteiger partial charge on any atom is 0.0505 e. The number of hydrogen-bond donors (Lipinski definition) is 0. The molecule has 8 aromatic carbocycles. The van der Waals surface area contributed by atoms with Crippen LogP contribution in [0, 0.1) is 0 Å². The molecule has 0 saturated carbocycles. The third kappa shape index (κ3) is 4.81. The molecule has 2 heteroatoms. The van der Waals surface area contributed by atoms with Crippen LogP contribution >= 0.6 is 0 Å². The van der Waals surface area contributed by atoms with Crippen molar-refractivity contribution in [1.82, 2.24) is 0 Å². The fraction of sp³-hybridized carbons (Fsp3) is 0.148. The van der Waals surface area contributed by atoms with Crippen LogP contribution in [0.1, 0.15) is 60.1 Å². The Kier molecular flexibility index (Phi) is 7.41. The lowest BCUT2D eigenvalue weighted by atomic mass is 9.74. The summed E-state index contributed by atoms with van der Waals surface area (Å²) in [4.78, 5) is 5.06. The number of benzene rings is 8. The van der Waals surface area contributed by atoms with Gasteiger partial charge in [0.25, 0.3) is 0 Å². The number of fused-ring (bicyclic) bond motifs is 9. The highest BCUT2D eigenvalue weighted by Crippen LogP contribution is 2.60. The molecule has 0 saturated heterocycles. The number of para-hydroxylation sites is 3. The van der Waals surface area contributed by atoms with Gasteiger partial charge in [-0.25, -0.2) is 0 Å². The first-order chi connectivity index (χ1) is 27.5. The lowest BCUT2D eigenvalue weighted by molar-refractivity contribution is 0.508. The van der Waals surface area contributed by atoms with E-state index in [0.29, 0.717) is 0 Å². The topological polar surface area (TPSA) is 6.48 Å². The zero-order valence-electron chi connectivity index (χ0n) is 32.0. The highest BCUT2D eigenvalue weighted by atomic mass is 15.2.